The van der Waals surface area contributed by atoms with Crippen molar-refractivity contribution in [1.29, 1.82) is 0 Å². The van der Waals surface area contributed by atoms with Crippen LogP contribution in [0.4, 0.5) is 0 Å². The van der Waals surface area contributed by atoms with Crippen LogP contribution in [0, 0.1) is 37.5 Å². The van der Waals surface area contributed by atoms with E-state index in [-0.39, 0.29) is 42.4 Å². The SMILES string of the molecule is COC(=O)C(C)COc1nc(C)c(C(=O)N2CC3CN(CC[C@@H](NC(=O)C4CCCC4)c4ccccc4)CC3C2)c(C)n1. The lowest BCUT2D eigenvalue weighted by molar-refractivity contribution is -0.145. The van der Waals surface area contributed by atoms with Crippen molar-refractivity contribution in [3.8, 4) is 6.01 Å². The molecule has 4 atom stereocenters. The summed E-state index contributed by atoms with van der Waals surface area (Å²) in [4.78, 5) is 51.5. The summed E-state index contributed by atoms with van der Waals surface area (Å²) in [5.41, 5.74) is 2.83. The Kier molecular flexibility index (Phi) is 9.95. The predicted octanol–water partition coefficient (Wildman–Crippen LogP) is 3.72. The average molecular weight is 592 g/mol. The first-order valence-electron chi connectivity index (χ1n) is 15.7. The Bertz CT molecular complexity index is 1260. The van der Waals surface area contributed by atoms with Crippen molar-refractivity contribution in [3.05, 3.63) is 52.8 Å². The van der Waals surface area contributed by atoms with Crippen LogP contribution in [0.25, 0.3) is 0 Å². The van der Waals surface area contributed by atoms with Crippen molar-refractivity contribution in [2.45, 2.75) is 58.9 Å². The monoisotopic (exact) mass is 591 g/mol. The van der Waals surface area contributed by atoms with Crippen LogP contribution in [0.3, 0.4) is 0 Å². The molecule has 3 fully saturated rings. The van der Waals surface area contributed by atoms with Gasteiger partial charge in [0, 0.05) is 38.6 Å². The summed E-state index contributed by atoms with van der Waals surface area (Å²) in [6.07, 6.45) is 5.16. The Morgan fingerprint density at radius 2 is 1.60 bits per heavy atom. The molecule has 3 heterocycles. The standard InChI is InChI=1S/C33H45N5O5/c1-21(32(41)42-4)20-43-33-34-22(2)29(23(3)35-33)31(40)38-18-26-16-37(17-27(26)19-38)15-14-28(24-10-6-5-7-11-24)36-30(39)25-12-8-9-13-25/h5-7,10-11,21,25-28H,8-9,12-20H2,1-4H3,(H,36,39)/t21?,26?,27?,28-/m1/s1. The topological polar surface area (TPSA) is 114 Å². The summed E-state index contributed by atoms with van der Waals surface area (Å²) < 4.78 is 10.4. The van der Waals surface area contributed by atoms with Crippen molar-refractivity contribution >= 4 is 17.8 Å². The number of rotatable bonds is 11. The van der Waals surface area contributed by atoms with E-state index in [1.54, 1.807) is 20.8 Å². The molecule has 5 rings (SSSR count). The minimum atomic E-state index is -0.445. The first kappa shape index (κ1) is 30.9. The van der Waals surface area contributed by atoms with Gasteiger partial charge in [-0.1, -0.05) is 43.2 Å². The maximum absolute atomic E-state index is 13.6. The van der Waals surface area contributed by atoms with Crippen LogP contribution in [0.1, 0.15) is 72.4 Å². The molecule has 0 radical (unpaired) electrons. The van der Waals surface area contributed by atoms with Gasteiger partial charge in [-0.15, -0.1) is 0 Å². The van der Waals surface area contributed by atoms with Crippen LogP contribution in [0.5, 0.6) is 6.01 Å². The fraction of sp³-hybridized carbons (Fsp3) is 0.606. The zero-order valence-corrected chi connectivity index (χ0v) is 25.9. The molecule has 1 saturated carbocycles. The highest BCUT2D eigenvalue weighted by atomic mass is 16.5. The molecule has 3 unspecified atom stereocenters. The van der Waals surface area contributed by atoms with Crippen LogP contribution < -0.4 is 10.1 Å². The van der Waals surface area contributed by atoms with Gasteiger partial charge in [-0.2, -0.15) is 9.97 Å². The normalized spacial score (nSPS) is 21.8. The summed E-state index contributed by atoms with van der Waals surface area (Å²) in [6, 6.07) is 10.5. The molecule has 1 aromatic carbocycles. The van der Waals surface area contributed by atoms with Crippen LogP contribution in [0.15, 0.2) is 30.3 Å². The molecule has 10 nitrogen and oxygen atoms in total. The molecular formula is C33H45N5O5. The van der Waals surface area contributed by atoms with Gasteiger partial charge in [-0.25, -0.2) is 0 Å². The Labute approximate surface area is 254 Å². The first-order valence-corrected chi connectivity index (χ1v) is 15.7. The van der Waals surface area contributed by atoms with Gasteiger partial charge in [0.1, 0.15) is 6.61 Å². The van der Waals surface area contributed by atoms with Crippen molar-refractivity contribution in [1.82, 2.24) is 25.1 Å². The second-order valence-corrected chi connectivity index (χ2v) is 12.5. The van der Waals surface area contributed by atoms with Crippen LogP contribution in [0.2, 0.25) is 0 Å². The minimum absolute atomic E-state index is 0.00870. The molecule has 2 aliphatic heterocycles. The van der Waals surface area contributed by atoms with E-state index >= 15 is 0 Å². The fourth-order valence-electron chi connectivity index (χ4n) is 6.92. The highest BCUT2D eigenvalue weighted by Crippen LogP contribution is 2.33. The quantitative estimate of drug-likeness (QED) is 0.394. The number of carbonyl (C=O) groups excluding carboxylic acids is 3. The van der Waals surface area contributed by atoms with Crippen LogP contribution in [-0.2, 0) is 14.3 Å². The molecule has 43 heavy (non-hydrogen) atoms. The summed E-state index contributed by atoms with van der Waals surface area (Å²) in [6.45, 7) is 9.65. The Hall–Kier alpha value is -3.53. The third kappa shape index (κ3) is 7.34. The number of aromatic nitrogens is 2. The largest absolute Gasteiger partial charge is 0.469 e. The molecule has 3 aliphatic rings. The van der Waals surface area contributed by atoms with E-state index in [0.717, 1.165) is 57.3 Å². The number of nitrogens with zero attached hydrogens (tertiary/aromatic N) is 4. The van der Waals surface area contributed by atoms with Crippen molar-refractivity contribution in [2.75, 3.05) is 46.4 Å². The molecule has 232 valence electrons. The lowest BCUT2D eigenvalue weighted by atomic mass is 10.0. The Balaban J connectivity index is 1.14. The van der Waals surface area contributed by atoms with Gasteiger partial charge < -0.3 is 24.6 Å². The van der Waals surface area contributed by atoms with E-state index < -0.39 is 5.92 Å². The highest BCUT2D eigenvalue weighted by molar-refractivity contribution is 5.96. The van der Waals surface area contributed by atoms with Gasteiger partial charge in [0.15, 0.2) is 0 Å². The molecule has 2 amide bonds. The molecule has 0 bridgehead atoms. The fourth-order valence-corrected chi connectivity index (χ4v) is 6.92. The number of ether oxygens (including phenoxy) is 2. The van der Waals surface area contributed by atoms with Crippen molar-refractivity contribution in [3.63, 3.8) is 0 Å². The molecule has 0 spiro atoms. The maximum atomic E-state index is 13.6. The van der Waals surface area contributed by atoms with Crippen molar-refractivity contribution in [2.24, 2.45) is 23.7 Å². The van der Waals surface area contributed by atoms with Gasteiger partial charge in [-0.05, 0) is 57.4 Å². The molecule has 1 N–H and O–H groups in total. The van der Waals surface area contributed by atoms with E-state index in [2.05, 4.69) is 32.3 Å². The number of nitrogens with one attached hydrogen (secondary N) is 1. The second-order valence-electron chi connectivity index (χ2n) is 12.5. The number of hydrogen-bond donors (Lipinski definition) is 1. The van der Waals surface area contributed by atoms with Gasteiger partial charge in [0.05, 0.1) is 36.0 Å². The smallest absolute Gasteiger partial charge is 0.316 e. The minimum Gasteiger partial charge on any atom is -0.469 e. The Morgan fingerprint density at radius 1 is 0.977 bits per heavy atom. The van der Waals surface area contributed by atoms with Crippen LogP contribution >= 0.6 is 0 Å². The maximum Gasteiger partial charge on any atom is 0.316 e. The zero-order chi connectivity index (χ0) is 30.5. The number of carbonyl (C=O) groups is 3. The van der Waals surface area contributed by atoms with Gasteiger partial charge in [-0.3, -0.25) is 14.4 Å². The number of hydrogen-bond acceptors (Lipinski definition) is 8. The molecule has 10 heteroatoms. The number of aryl methyl sites for hydroxylation is 2. The first-order chi connectivity index (χ1) is 20.7. The van der Waals surface area contributed by atoms with Gasteiger partial charge in [0.2, 0.25) is 5.91 Å². The Morgan fingerprint density at radius 3 is 2.21 bits per heavy atom. The molecule has 1 aromatic heterocycles. The summed E-state index contributed by atoms with van der Waals surface area (Å²) >= 11 is 0. The predicted molar refractivity (Wildman–Crippen MR) is 161 cm³/mol. The van der Waals surface area contributed by atoms with Gasteiger partial charge in [0.25, 0.3) is 5.91 Å². The van der Waals surface area contributed by atoms with Crippen molar-refractivity contribution < 1.29 is 23.9 Å². The lowest BCUT2D eigenvalue weighted by Crippen LogP contribution is -2.37. The lowest BCUT2D eigenvalue weighted by Gasteiger charge is -2.26. The third-order valence-corrected chi connectivity index (χ3v) is 9.36. The summed E-state index contributed by atoms with van der Waals surface area (Å²) in [5.74, 6) is 0.359. The zero-order valence-electron chi connectivity index (χ0n) is 25.9. The van der Waals surface area contributed by atoms with E-state index in [4.69, 9.17) is 9.47 Å². The highest BCUT2D eigenvalue weighted by Gasteiger charge is 2.42. The number of likely N-dealkylation sites (tertiary alicyclic amines) is 2. The molecule has 2 saturated heterocycles. The van der Waals surface area contributed by atoms with E-state index in [1.165, 1.54) is 7.11 Å². The van der Waals surface area contributed by atoms with E-state index in [9.17, 15) is 14.4 Å². The number of esters is 1. The number of benzene rings is 1. The van der Waals surface area contributed by atoms with E-state index in [0.29, 0.717) is 41.9 Å². The average Bonchev–Trinajstić information content (AvgIpc) is 3.75. The molecule has 2 aromatic rings. The number of methoxy groups -OCH3 is 1. The number of amides is 2. The molecular weight excluding hydrogens is 546 g/mol. The van der Waals surface area contributed by atoms with E-state index in [1.807, 2.05) is 23.1 Å². The number of fused-ring (bicyclic) bond motifs is 1. The second kappa shape index (κ2) is 13.8. The van der Waals surface area contributed by atoms with Crippen LogP contribution in [-0.4, -0.2) is 84.0 Å². The third-order valence-electron chi connectivity index (χ3n) is 9.36. The summed E-state index contributed by atoms with van der Waals surface area (Å²) in [7, 11) is 1.34. The molecule has 1 aliphatic carbocycles. The van der Waals surface area contributed by atoms with Gasteiger partial charge >= 0.3 is 12.0 Å². The summed E-state index contributed by atoms with van der Waals surface area (Å²) in [5, 5.41) is 3.37.